The number of hydrogen-bond donors (Lipinski definition) is 1. The largest absolute Gasteiger partial charge is 0.326 e. The summed E-state index contributed by atoms with van der Waals surface area (Å²) in [5, 5.41) is 3.40. The molecule has 0 saturated heterocycles. The van der Waals surface area contributed by atoms with E-state index in [1.807, 2.05) is 24.3 Å². The minimum Gasteiger partial charge on any atom is -0.326 e. The SMILES string of the molecule is O=C(Nc1cccc(C[S@](=O)C2CCCCC2)c1)C1CCCC1. The van der Waals surface area contributed by atoms with E-state index in [9.17, 15) is 9.00 Å². The van der Waals surface area contributed by atoms with E-state index < -0.39 is 10.8 Å². The number of nitrogens with one attached hydrogen (secondary N) is 1. The second-order valence-corrected chi connectivity index (χ2v) is 8.67. The lowest BCUT2D eigenvalue weighted by Gasteiger charge is -2.21. The molecule has 3 nitrogen and oxygen atoms in total. The lowest BCUT2D eigenvalue weighted by atomic mass is 10.0. The van der Waals surface area contributed by atoms with Gasteiger partial charge in [-0.05, 0) is 43.4 Å². The van der Waals surface area contributed by atoms with Crippen LogP contribution in [-0.4, -0.2) is 15.4 Å². The van der Waals surface area contributed by atoms with Crippen molar-refractivity contribution in [3.05, 3.63) is 29.8 Å². The second kappa shape index (κ2) is 8.09. The van der Waals surface area contributed by atoms with Crippen molar-refractivity contribution in [2.75, 3.05) is 5.32 Å². The Kier molecular flexibility index (Phi) is 5.87. The molecule has 2 saturated carbocycles. The van der Waals surface area contributed by atoms with Crippen molar-refractivity contribution in [2.24, 2.45) is 5.92 Å². The zero-order valence-electron chi connectivity index (χ0n) is 13.8. The first-order valence-electron chi connectivity index (χ1n) is 8.99. The van der Waals surface area contributed by atoms with E-state index in [-0.39, 0.29) is 11.8 Å². The molecule has 1 atom stereocenters. The molecule has 0 spiro atoms. The molecule has 0 aromatic heterocycles. The van der Waals surface area contributed by atoms with Gasteiger partial charge in [-0.15, -0.1) is 0 Å². The van der Waals surface area contributed by atoms with Crippen LogP contribution in [0.15, 0.2) is 24.3 Å². The van der Waals surface area contributed by atoms with Crippen molar-refractivity contribution in [2.45, 2.75) is 68.8 Å². The highest BCUT2D eigenvalue weighted by atomic mass is 32.2. The van der Waals surface area contributed by atoms with Gasteiger partial charge in [0.15, 0.2) is 0 Å². The van der Waals surface area contributed by atoms with E-state index in [0.717, 1.165) is 36.9 Å². The van der Waals surface area contributed by atoms with Gasteiger partial charge in [0, 0.05) is 33.4 Å². The third kappa shape index (κ3) is 4.66. The van der Waals surface area contributed by atoms with Gasteiger partial charge < -0.3 is 5.32 Å². The Labute approximate surface area is 141 Å². The van der Waals surface area contributed by atoms with Gasteiger partial charge >= 0.3 is 0 Å². The minimum atomic E-state index is -0.793. The van der Waals surface area contributed by atoms with Crippen LogP contribution in [-0.2, 0) is 21.3 Å². The smallest absolute Gasteiger partial charge is 0.227 e. The number of anilines is 1. The zero-order chi connectivity index (χ0) is 16.1. The van der Waals surface area contributed by atoms with E-state index in [0.29, 0.717) is 11.0 Å². The number of amides is 1. The molecule has 126 valence electrons. The Hall–Kier alpha value is -1.16. The molecule has 0 aliphatic heterocycles. The van der Waals surface area contributed by atoms with Crippen LogP contribution in [0.4, 0.5) is 5.69 Å². The van der Waals surface area contributed by atoms with Crippen LogP contribution < -0.4 is 5.32 Å². The predicted molar refractivity (Wildman–Crippen MR) is 95.7 cm³/mol. The van der Waals surface area contributed by atoms with E-state index in [4.69, 9.17) is 0 Å². The molecule has 2 fully saturated rings. The van der Waals surface area contributed by atoms with Crippen molar-refractivity contribution in [1.82, 2.24) is 0 Å². The molecule has 23 heavy (non-hydrogen) atoms. The van der Waals surface area contributed by atoms with Crippen molar-refractivity contribution >= 4 is 22.4 Å². The quantitative estimate of drug-likeness (QED) is 0.868. The minimum absolute atomic E-state index is 0.146. The average molecular weight is 333 g/mol. The van der Waals surface area contributed by atoms with Gasteiger partial charge in [-0.25, -0.2) is 0 Å². The highest BCUT2D eigenvalue weighted by Gasteiger charge is 2.23. The van der Waals surface area contributed by atoms with Gasteiger partial charge in [-0.2, -0.15) is 0 Å². The Bertz CT molecular complexity index is 560. The molecule has 1 aromatic rings. The van der Waals surface area contributed by atoms with E-state index in [2.05, 4.69) is 5.32 Å². The molecule has 3 rings (SSSR count). The van der Waals surface area contributed by atoms with Crippen LogP contribution in [0.25, 0.3) is 0 Å². The highest BCUT2D eigenvalue weighted by molar-refractivity contribution is 7.84. The summed E-state index contributed by atoms with van der Waals surface area (Å²) >= 11 is 0. The van der Waals surface area contributed by atoms with Gasteiger partial charge in [0.05, 0.1) is 0 Å². The molecular formula is C19H27NO2S. The molecule has 0 unspecified atom stereocenters. The third-order valence-electron chi connectivity index (χ3n) is 5.15. The molecule has 1 aromatic carbocycles. The fourth-order valence-corrected chi connectivity index (χ4v) is 5.38. The van der Waals surface area contributed by atoms with Crippen molar-refractivity contribution in [3.8, 4) is 0 Å². The Morgan fingerprint density at radius 3 is 2.48 bits per heavy atom. The first kappa shape index (κ1) is 16.7. The molecule has 0 heterocycles. The Balaban J connectivity index is 1.58. The highest BCUT2D eigenvalue weighted by Crippen LogP contribution is 2.27. The first-order valence-corrected chi connectivity index (χ1v) is 10.4. The van der Waals surface area contributed by atoms with Crippen LogP contribution >= 0.6 is 0 Å². The molecular weight excluding hydrogens is 306 g/mol. The average Bonchev–Trinajstić information content (AvgIpc) is 3.10. The van der Waals surface area contributed by atoms with Crippen LogP contribution in [0, 0.1) is 5.92 Å². The maximum Gasteiger partial charge on any atom is 0.227 e. The van der Waals surface area contributed by atoms with E-state index in [1.165, 1.54) is 32.1 Å². The topological polar surface area (TPSA) is 46.2 Å². The zero-order valence-corrected chi connectivity index (χ0v) is 14.6. The summed E-state index contributed by atoms with van der Waals surface area (Å²) in [6, 6.07) is 7.90. The Morgan fingerprint density at radius 1 is 1.04 bits per heavy atom. The summed E-state index contributed by atoms with van der Waals surface area (Å²) in [5.41, 5.74) is 1.91. The summed E-state index contributed by atoms with van der Waals surface area (Å²) in [6.07, 6.45) is 10.3. The summed E-state index contributed by atoms with van der Waals surface area (Å²) in [4.78, 5) is 12.2. The second-order valence-electron chi connectivity index (χ2n) is 6.96. The van der Waals surface area contributed by atoms with Crippen LogP contribution in [0.2, 0.25) is 0 Å². The van der Waals surface area contributed by atoms with Gasteiger partial charge in [0.1, 0.15) is 0 Å². The number of carbonyl (C=O) groups excluding carboxylic acids is 1. The fourth-order valence-electron chi connectivity index (χ4n) is 3.78. The molecule has 1 N–H and O–H groups in total. The number of benzene rings is 1. The molecule has 2 aliphatic rings. The lowest BCUT2D eigenvalue weighted by Crippen LogP contribution is -2.21. The summed E-state index contributed by atoms with van der Waals surface area (Å²) < 4.78 is 12.5. The predicted octanol–water partition coefficient (Wildman–Crippen LogP) is 4.40. The Morgan fingerprint density at radius 2 is 1.74 bits per heavy atom. The maximum absolute atomic E-state index is 12.5. The molecule has 1 amide bonds. The van der Waals surface area contributed by atoms with Crippen LogP contribution in [0.1, 0.15) is 63.4 Å². The summed E-state index contributed by atoms with van der Waals surface area (Å²) in [7, 11) is -0.793. The molecule has 2 aliphatic carbocycles. The van der Waals surface area contributed by atoms with Gasteiger partial charge in [0.25, 0.3) is 0 Å². The van der Waals surface area contributed by atoms with E-state index >= 15 is 0 Å². The standard InChI is InChI=1S/C19H27NO2S/c21-19(16-8-4-5-9-16)20-17-10-6-7-15(13-17)14-23(22)18-11-2-1-3-12-18/h6-7,10,13,16,18H,1-5,8-9,11-12,14H2,(H,20,21)/t23-/m0/s1. The third-order valence-corrected chi connectivity index (χ3v) is 6.99. The van der Waals surface area contributed by atoms with Gasteiger partial charge in [-0.1, -0.05) is 44.2 Å². The first-order chi connectivity index (χ1) is 11.2. The van der Waals surface area contributed by atoms with Crippen molar-refractivity contribution in [3.63, 3.8) is 0 Å². The number of rotatable bonds is 5. The van der Waals surface area contributed by atoms with Crippen LogP contribution in [0.3, 0.4) is 0 Å². The molecule has 4 heteroatoms. The fraction of sp³-hybridized carbons (Fsp3) is 0.632. The summed E-state index contributed by atoms with van der Waals surface area (Å²) in [6.45, 7) is 0. The van der Waals surface area contributed by atoms with E-state index in [1.54, 1.807) is 0 Å². The lowest BCUT2D eigenvalue weighted by molar-refractivity contribution is -0.119. The molecule has 0 radical (unpaired) electrons. The van der Waals surface area contributed by atoms with Crippen molar-refractivity contribution in [1.29, 1.82) is 0 Å². The van der Waals surface area contributed by atoms with Crippen molar-refractivity contribution < 1.29 is 9.00 Å². The van der Waals surface area contributed by atoms with Crippen LogP contribution in [0.5, 0.6) is 0 Å². The van der Waals surface area contributed by atoms with Gasteiger partial charge in [0.2, 0.25) is 5.91 Å². The normalized spacial score (nSPS) is 21.2. The summed E-state index contributed by atoms with van der Waals surface area (Å²) in [5.74, 6) is 0.931. The molecule has 0 bridgehead atoms. The monoisotopic (exact) mass is 333 g/mol. The maximum atomic E-state index is 12.5. The number of carbonyl (C=O) groups is 1. The number of hydrogen-bond acceptors (Lipinski definition) is 2. The van der Waals surface area contributed by atoms with Gasteiger partial charge in [-0.3, -0.25) is 9.00 Å².